The molecule has 18 heavy (non-hydrogen) atoms. The molecule has 1 amide bonds. The van der Waals surface area contributed by atoms with Gasteiger partial charge in [0.2, 0.25) is 0 Å². The number of pyridine rings is 1. The number of carbonyl (C=O) groups is 1. The van der Waals surface area contributed by atoms with Crippen LogP contribution in [0.5, 0.6) is 0 Å². The fourth-order valence-corrected chi connectivity index (χ4v) is 2.39. The Bertz CT molecular complexity index is 436. The molecule has 2 rings (SSSR count). The van der Waals surface area contributed by atoms with Gasteiger partial charge < -0.3 is 5.32 Å². The lowest BCUT2D eigenvalue weighted by molar-refractivity contribution is 0.0932. The molecule has 1 aromatic rings. The van der Waals surface area contributed by atoms with Crippen LogP contribution in [0.1, 0.15) is 30.8 Å². The summed E-state index contributed by atoms with van der Waals surface area (Å²) in [6, 6.07) is 4.11. The van der Waals surface area contributed by atoms with Crippen LogP contribution >= 0.6 is 11.6 Å². The van der Waals surface area contributed by atoms with Gasteiger partial charge in [-0.3, -0.25) is 9.69 Å². The molecule has 1 aromatic heterocycles. The Hall–Kier alpha value is -1.13. The van der Waals surface area contributed by atoms with Crippen molar-refractivity contribution >= 4 is 17.5 Å². The van der Waals surface area contributed by atoms with Crippen molar-refractivity contribution in [3.63, 3.8) is 0 Å². The molecule has 98 valence electrons. The van der Waals surface area contributed by atoms with Gasteiger partial charge in [0.05, 0.1) is 5.02 Å². The van der Waals surface area contributed by atoms with Crippen molar-refractivity contribution in [2.24, 2.45) is 0 Å². The topological polar surface area (TPSA) is 45.2 Å². The smallest absolute Gasteiger partial charge is 0.271 e. The molecule has 0 radical (unpaired) electrons. The molecule has 0 saturated carbocycles. The summed E-state index contributed by atoms with van der Waals surface area (Å²) in [5, 5.41) is 3.39. The maximum Gasteiger partial charge on any atom is 0.271 e. The standard InChI is InChI=1S/C13H18ClN3O/c1-9(2)17-7-5-10(8-17)16-13(18)12-11(14)4-3-6-15-12/h3-4,6,9-10H,5,7-8H2,1-2H3,(H,16,18). The fourth-order valence-electron chi connectivity index (χ4n) is 2.18. The van der Waals surface area contributed by atoms with Crippen LogP contribution in [0, 0.1) is 0 Å². The summed E-state index contributed by atoms with van der Waals surface area (Å²) in [6.07, 6.45) is 2.56. The third-order valence-electron chi connectivity index (χ3n) is 3.26. The summed E-state index contributed by atoms with van der Waals surface area (Å²) >= 11 is 5.95. The number of nitrogens with one attached hydrogen (secondary N) is 1. The monoisotopic (exact) mass is 267 g/mol. The number of aromatic nitrogens is 1. The summed E-state index contributed by atoms with van der Waals surface area (Å²) in [6.45, 7) is 6.26. The SMILES string of the molecule is CC(C)N1CCC(NC(=O)c2ncccc2Cl)C1. The first-order chi connectivity index (χ1) is 8.58. The van der Waals surface area contributed by atoms with E-state index in [0.717, 1.165) is 19.5 Å². The molecule has 1 aliphatic heterocycles. The number of hydrogen-bond acceptors (Lipinski definition) is 3. The second-order valence-electron chi connectivity index (χ2n) is 4.88. The fraction of sp³-hybridized carbons (Fsp3) is 0.538. The Labute approximate surface area is 112 Å². The maximum absolute atomic E-state index is 12.0. The number of likely N-dealkylation sites (tertiary alicyclic amines) is 1. The summed E-state index contributed by atoms with van der Waals surface area (Å²) in [5.74, 6) is -0.184. The molecule has 1 N–H and O–H groups in total. The van der Waals surface area contributed by atoms with Crippen LogP contribution in [-0.2, 0) is 0 Å². The first-order valence-corrected chi connectivity index (χ1v) is 6.61. The van der Waals surface area contributed by atoms with E-state index >= 15 is 0 Å². The van der Waals surface area contributed by atoms with Crippen molar-refractivity contribution in [2.75, 3.05) is 13.1 Å². The van der Waals surface area contributed by atoms with E-state index in [-0.39, 0.29) is 11.9 Å². The van der Waals surface area contributed by atoms with Crippen LogP contribution in [0.4, 0.5) is 0 Å². The number of rotatable bonds is 3. The number of amides is 1. The molecule has 1 fully saturated rings. The first kappa shape index (κ1) is 13.3. The second kappa shape index (κ2) is 5.67. The van der Waals surface area contributed by atoms with Crippen molar-refractivity contribution in [1.82, 2.24) is 15.2 Å². The highest BCUT2D eigenvalue weighted by Crippen LogP contribution is 2.15. The zero-order chi connectivity index (χ0) is 13.1. The van der Waals surface area contributed by atoms with E-state index < -0.39 is 0 Å². The number of carbonyl (C=O) groups excluding carboxylic acids is 1. The molecule has 5 heteroatoms. The maximum atomic E-state index is 12.0. The van der Waals surface area contributed by atoms with Gasteiger partial charge >= 0.3 is 0 Å². The molecule has 0 bridgehead atoms. The molecule has 0 aromatic carbocycles. The van der Waals surface area contributed by atoms with E-state index in [2.05, 4.69) is 29.0 Å². The molecule has 1 unspecified atom stereocenters. The second-order valence-corrected chi connectivity index (χ2v) is 5.29. The molecule has 2 heterocycles. The van der Waals surface area contributed by atoms with Crippen molar-refractivity contribution < 1.29 is 4.79 Å². The van der Waals surface area contributed by atoms with Crippen LogP contribution < -0.4 is 5.32 Å². The summed E-state index contributed by atoms with van der Waals surface area (Å²) < 4.78 is 0. The van der Waals surface area contributed by atoms with E-state index in [1.54, 1.807) is 18.3 Å². The molecule has 1 saturated heterocycles. The minimum Gasteiger partial charge on any atom is -0.347 e. The largest absolute Gasteiger partial charge is 0.347 e. The van der Waals surface area contributed by atoms with Crippen molar-refractivity contribution in [3.05, 3.63) is 29.0 Å². The van der Waals surface area contributed by atoms with Crippen molar-refractivity contribution in [3.8, 4) is 0 Å². The van der Waals surface area contributed by atoms with Gasteiger partial charge in [-0.15, -0.1) is 0 Å². The van der Waals surface area contributed by atoms with Crippen LogP contribution in [-0.4, -0.2) is 41.0 Å². The third-order valence-corrected chi connectivity index (χ3v) is 3.56. The Kier molecular flexibility index (Phi) is 4.19. The quantitative estimate of drug-likeness (QED) is 0.910. The zero-order valence-electron chi connectivity index (χ0n) is 10.7. The van der Waals surface area contributed by atoms with Crippen LogP contribution in [0.3, 0.4) is 0 Å². The van der Waals surface area contributed by atoms with E-state index in [4.69, 9.17) is 11.6 Å². The van der Waals surface area contributed by atoms with Gasteiger partial charge in [-0.05, 0) is 32.4 Å². The normalized spacial score (nSPS) is 20.3. The molecular weight excluding hydrogens is 250 g/mol. The van der Waals surface area contributed by atoms with Gasteiger partial charge in [0.1, 0.15) is 5.69 Å². The van der Waals surface area contributed by atoms with Crippen molar-refractivity contribution in [1.29, 1.82) is 0 Å². The molecule has 1 aliphatic rings. The zero-order valence-corrected chi connectivity index (χ0v) is 11.4. The van der Waals surface area contributed by atoms with Gasteiger partial charge in [0.15, 0.2) is 0 Å². The highest BCUT2D eigenvalue weighted by atomic mass is 35.5. The number of hydrogen-bond donors (Lipinski definition) is 1. The summed E-state index contributed by atoms with van der Waals surface area (Å²) in [4.78, 5) is 18.4. The molecular formula is C13H18ClN3O. The third kappa shape index (κ3) is 3.00. The minimum atomic E-state index is -0.184. The first-order valence-electron chi connectivity index (χ1n) is 6.23. The van der Waals surface area contributed by atoms with Gasteiger partial charge in [-0.2, -0.15) is 0 Å². The summed E-state index contributed by atoms with van der Waals surface area (Å²) in [7, 11) is 0. The Morgan fingerprint density at radius 3 is 3.00 bits per heavy atom. The van der Waals surface area contributed by atoms with E-state index in [1.165, 1.54) is 0 Å². The number of nitrogens with zero attached hydrogens (tertiary/aromatic N) is 2. The van der Waals surface area contributed by atoms with Gasteiger partial charge in [-0.1, -0.05) is 11.6 Å². The van der Waals surface area contributed by atoms with Gasteiger partial charge in [0, 0.05) is 31.4 Å². The van der Waals surface area contributed by atoms with Crippen LogP contribution in [0.15, 0.2) is 18.3 Å². The average Bonchev–Trinajstić information content (AvgIpc) is 2.78. The van der Waals surface area contributed by atoms with Crippen molar-refractivity contribution in [2.45, 2.75) is 32.4 Å². The van der Waals surface area contributed by atoms with Gasteiger partial charge in [0.25, 0.3) is 5.91 Å². The highest BCUT2D eigenvalue weighted by molar-refractivity contribution is 6.33. The highest BCUT2D eigenvalue weighted by Gasteiger charge is 2.26. The number of halogens is 1. The van der Waals surface area contributed by atoms with E-state index in [0.29, 0.717) is 16.8 Å². The van der Waals surface area contributed by atoms with E-state index in [9.17, 15) is 4.79 Å². The predicted molar refractivity (Wildman–Crippen MR) is 71.8 cm³/mol. The van der Waals surface area contributed by atoms with Gasteiger partial charge in [-0.25, -0.2) is 4.98 Å². The van der Waals surface area contributed by atoms with Crippen LogP contribution in [0.25, 0.3) is 0 Å². The lowest BCUT2D eigenvalue weighted by atomic mass is 10.2. The molecule has 0 aliphatic carbocycles. The van der Waals surface area contributed by atoms with Crippen LogP contribution in [0.2, 0.25) is 5.02 Å². The lowest BCUT2D eigenvalue weighted by Gasteiger charge is -2.20. The Morgan fingerprint density at radius 2 is 2.39 bits per heavy atom. The molecule has 4 nitrogen and oxygen atoms in total. The molecule has 1 atom stereocenters. The van der Waals surface area contributed by atoms with E-state index in [1.807, 2.05) is 0 Å². The Morgan fingerprint density at radius 1 is 1.61 bits per heavy atom. The Balaban J connectivity index is 1.95. The predicted octanol–water partition coefficient (Wildman–Crippen LogP) is 1.95. The minimum absolute atomic E-state index is 0.184. The average molecular weight is 268 g/mol. The molecule has 0 spiro atoms. The summed E-state index contributed by atoms with van der Waals surface area (Å²) in [5.41, 5.74) is 0.308. The lowest BCUT2D eigenvalue weighted by Crippen LogP contribution is -2.38.